The van der Waals surface area contributed by atoms with Crippen LogP contribution in [0.1, 0.15) is 129 Å². The molecule has 3 amide bonds. The summed E-state index contributed by atoms with van der Waals surface area (Å²) >= 11 is 18.5. The van der Waals surface area contributed by atoms with E-state index in [1.807, 2.05) is 6.92 Å². The fourth-order valence-electron chi connectivity index (χ4n) is 7.77. The van der Waals surface area contributed by atoms with Crippen LogP contribution in [0, 0.1) is 0 Å². The fourth-order valence-corrected chi connectivity index (χ4v) is 9.52. The highest BCUT2D eigenvalue weighted by atomic mass is 35.5. The van der Waals surface area contributed by atoms with E-state index in [-0.39, 0.29) is 54.4 Å². The van der Waals surface area contributed by atoms with Gasteiger partial charge in [-0.3, -0.25) is 23.7 Å². The summed E-state index contributed by atoms with van der Waals surface area (Å²) in [6, 6.07) is 10.2. The molecule has 0 saturated carbocycles. The second-order valence-corrected chi connectivity index (χ2v) is 19.5. The largest absolute Gasteiger partial charge is 0.495 e. The Balaban J connectivity index is 1.55. The topological polar surface area (TPSA) is 196 Å². The van der Waals surface area contributed by atoms with Crippen LogP contribution in [-0.2, 0) is 40.5 Å². The van der Waals surface area contributed by atoms with Crippen LogP contribution in [0.5, 0.6) is 5.75 Å². The average molecular weight is 1020 g/mol. The van der Waals surface area contributed by atoms with Crippen LogP contribution in [0.25, 0.3) is 10.9 Å². The summed E-state index contributed by atoms with van der Waals surface area (Å²) in [5, 5.41) is 4.38. The molecular formula is C48H61Cl3N6O10S. The van der Waals surface area contributed by atoms with Crippen LogP contribution < -0.4 is 20.3 Å². The molecule has 0 spiro atoms. The van der Waals surface area contributed by atoms with Gasteiger partial charge in [0.15, 0.2) is 12.1 Å². The van der Waals surface area contributed by atoms with E-state index in [0.717, 1.165) is 87.7 Å². The van der Waals surface area contributed by atoms with Crippen molar-refractivity contribution in [1.82, 2.24) is 19.5 Å². The third-order valence-electron chi connectivity index (χ3n) is 11.4. The molecule has 1 fully saturated rings. The minimum atomic E-state index is -4.45. The van der Waals surface area contributed by atoms with Crippen molar-refractivity contribution in [3.63, 3.8) is 0 Å². The zero-order valence-electron chi connectivity index (χ0n) is 39.0. The maximum absolute atomic E-state index is 15.0. The van der Waals surface area contributed by atoms with Gasteiger partial charge < -0.3 is 19.6 Å². The van der Waals surface area contributed by atoms with E-state index in [2.05, 4.69) is 28.9 Å². The number of benzene rings is 3. The number of amides is 3. The van der Waals surface area contributed by atoms with Gasteiger partial charge in [-0.2, -0.15) is 0 Å². The number of imide groups is 1. The van der Waals surface area contributed by atoms with E-state index in [0.29, 0.717) is 30.8 Å². The molecule has 2 unspecified atom stereocenters. The summed E-state index contributed by atoms with van der Waals surface area (Å²) in [6.07, 6.45) is 11.1. The number of fused-ring (bicyclic) bond motifs is 1. The van der Waals surface area contributed by atoms with Crippen molar-refractivity contribution < 1.29 is 41.9 Å². The first-order chi connectivity index (χ1) is 32.6. The van der Waals surface area contributed by atoms with Crippen molar-refractivity contribution in [1.29, 1.82) is 0 Å². The second kappa shape index (κ2) is 26.2. The minimum Gasteiger partial charge on any atom is -0.495 e. The first-order valence-electron chi connectivity index (χ1n) is 23.3. The number of para-hydroxylation sites is 1. The lowest BCUT2D eigenvalue weighted by Gasteiger charge is -2.26. The Kier molecular flexibility index (Phi) is 20.8. The molecule has 1 aliphatic heterocycles. The number of hydroxylamine groups is 2. The molecule has 4 aromatic rings. The van der Waals surface area contributed by atoms with E-state index >= 15 is 0 Å². The Morgan fingerprint density at radius 3 is 2.06 bits per heavy atom. The van der Waals surface area contributed by atoms with Crippen LogP contribution >= 0.6 is 34.8 Å². The van der Waals surface area contributed by atoms with Gasteiger partial charge in [-0.25, -0.2) is 27.9 Å². The lowest BCUT2D eigenvalue weighted by molar-refractivity contribution is -0.192. The molecule has 2 heterocycles. The van der Waals surface area contributed by atoms with Gasteiger partial charge in [0.05, 0.1) is 49.4 Å². The van der Waals surface area contributed by atoms with Crippen molar-refractivity contribution in [3.05, 3.63) is 85.8 Å². The van der Waals surface area contributed by atoms with E-state index in [9.17, 15) is 32.4 Å². The summed E-state index contributed by atoms with van der Waals surface area (Å²) in [5.41, 5.74) is -0.956. The first kappa shape index (κ1) is 54.0. The van der Waals surface area contributed by atoms with E-state index in [4.69, 9.17) is 49.1 Å². The number of aromatic nitrogens is 2. The predicted octanol–water partition coefficient (Wildman–Crippen LogP) is 10.9. The summed E-state index contributed by atoms with van der Waals surface area (Å²) in [6.45, 7) is 6.38. The number of hydrogen-bond donors (Lipinski definition) is 2. The number of hydrogen-bond acceptors (Lipinski definition) is 12. The maximum atomic E-state index is 15.0. The van der Waals surface area contributed by atoms with Gasteiger partial charge in [-0.1, -0.05) is 138 Å². The highest BCUT2D eigenvalue weighted by Gasteiger charge is 2.49. The fraction of sp³-hybridized carbons (Fsp3) is 0.500. The minimum absolute atomic E-state index is 0.0250. The van der Waals surface area contributed by atoms with Crippen LogP contribution in [0.15, 0.2) is 64.3 Å². The molecule has 1 aromatic heterocycles. The monoisotopic (exact) mass is 1020 g/mol. The Morgan fingerprint density at radius 2 is 1.41 bits per heavy atom. The van der Waals surface area contributed by atoms with Gasteiger partial charge in [-0.05, 0) is 68.1 Å². The molecule has 20 heteroatoms. The molecule has 0 radical (unpaired) electrons. The Morgan fingerprint density at radius 1 is 0.794 bits per heavy atom. The molecule has 3 aromatic carbocycles. The van der Waals surface area contributed by atoms with E-state index in [1.165, 1.54) is 43.5 Å². The number of ether oxygens (including phenoxy) is 2. The molecule has 1 saturated heterocycles. The molecule has 68 heavy (non-hydrogen) atoms. The number of cyclic esters (lactones) is 1. The number of halogens is 3. The Labute approximate surface area is 412 Å². The number of methoxy groups -OCH3 is 1. The van der Waals surface area contributed by atoms with Crippen LogP contribution in [0.4, 0.5) is 16.2 Å². The van der Waals surface area contributed by atoms with Crippen molar-refractivity contribution in [3.8, 4) is 5.75 Å². The summed E-state index contributed by atoms with van der Waals surface area (Å²) in [5.74, 6) is -3.33. The molecule has 0 aliphatic carbocycles. The molecule has 5 rings (SSSR count). The smallest absolute Gasteiger partial charge is 0.418 e. The number of sulfonamides is 1. The number of rotatable bonds is 28. The Bertz CT molecular complexity index is 2560. The van der Waals surface area contributed by atoms with Crippen molar-refractivity contribution in [2.24, 2.45) is 0 Å². The zero-order valence-corrected chi connectivity index (χ0v) is 42.1. The van der Waals surface area contributed by atoms with Crippen molar-refractivity contribution in [2.45, 2.75) is 141 Å². The third-order valence-corrected chi connectivity index (χ3v) is 13.8. The number of unbranched alkanes of at least 4 members (excludes halogenated alkanes) is 11. The number of anilines is 2. The molecule has 370 valence electrons. The first-order valence-corrected chi connectivity index (χ1v) is 25.9. The lowest BCUT2D eigenvalue weighted by atomic mass is 10.1. The molecule has 16 nitrogen and oxygen atoms in total. The quantitative estimate of drug-likeness (QED) is 0.0311. The second-order valence-electron chi connectivity index (χ2n) is 16.6. The van der Waals surface area contributed by atoms with Crippen LogP contribution in [0.2, 0.25) is 15.1 Å². The van der Waals surface area contributed by atoms with Gasteiger partial charge in [0.2, 0.25) is 0 Å². The standard InChI is InChI=1S/C48H61Cl3N6O10S/c1-5-8-11-13-15-19-26-55(27-20-16-14-12-9-6-2)67-42(58)31-56-44(52-37-22-18-17-21-33(37)46(56)60)43(57-47(61)41(23-10-7-3)66-48(57)62)45(59)53-39-28-32(24-25-40(39)65-4)68(63,64)54-38-30-35(50)34(49)29-36(38)51/h17-18,21-22,24-25,28-30,41,43,54H,5-16,19-20,23,26-27,31H2,1-4H3,(H,53,59). The maximum Gasteiger partial charge on any atom is 0.418 e. The van der Waals surface area contributed by atoms with Gasteiger partial charge in [-0.15, -0.1) is 5.06 Å². The van der Waals surface area contributed by atoms with E-state index < -0.39 is 64.0 Å². The van der Waals surface area contributed by atoms with Crippen LogP contribution in [0.3, 0.4) is 0 Å². The number of nitrogens with one attached hydrogen (secondary N) is 2. The summed E-state index contributed by atoms with van der Waals surface area (Å²) in [4.78, 5) is 82.5. The van der Waals surface area contributed by atoms with Gasteiger partial charge in [0, 0.05) is 13.1 Å². The number of nitrogens with zero attached hydrogens (tertiary/aromatic N) is 4. The summed E-state index contributed by atoms with van der Waals surface area (Å²) in [7, 11) is -3.17. The number of carbonyl (C=O) groups is 4. The Hall–Kier alpha value is -4.94. The highest BCUT2D eigenvalue weighted by Crippen LogP contribution is 2.36. The molecule has 2 N–H and O–H groups in total. The van der Waals surface area contributed by atoms with Gasteiger partial charge >= 0.3 is 12.1 Å². The SMILES string of the molecule is CCCCCCCCN(CCCCCCCC)OC(=O)Cn1c(C(C(=O)Nc2cc(S(=O)(=O)Nc3cc(Cl)c(Cl)cc3Cl)ccc2OC)N2C(=O)OC(CCCC)C2=O)nc2ccccc2c1=O. The molecular weight excluding hydrogens is 959 g/mol. The van der Waals surface area contributed by atoms with Crippen molar-refractivity contribution >= 4 is 91.0 Å². The predicted molar refractivity (Wildman–Crippen MR) is 264 cm³/mol. The average Bonchev–Trinajstić information content (AvgIpc) is 3.58. The van der Waals surface area contributed by atoms with Crippen LogP contribution in [-0.4, -0.2) is 78.1 Å². The molecule has 0 bridgehead atoms. The zero-order chi connectivity index (χ0) is 49.4. The third kappa shape index (κ3) is 14.3. The summed E-state index contributed by atoms with van der Waals surface area (Å²) < 4.78 is 41.8. The van der Waals surface area contributed by atoms with Crippen molar-refractivity contribution in [2.75, 3.05) is 30.2 Å². The molecule has 1 aliphatic rings. The normalized spacial score (nSPS) is 14.4. The van der Waals surface area contributed by atoms with Gasteiger partial charge in [0.25, 0.3) is 27.4 Å². The molecule has 2 atom stereocenters. The number of carbonyl (C=O) groups excluding carboxylic acids is 4. The van der Waals surface area contributed by atoms with E-state index in [1.54, 1.807) is 17.2 Å². The van der Waals surface area contributed by atoms with Gasteiger partial charge in [0.1, 0.15) is 18.1 Å². The highest BCUT2D eigenvalue weighted by molar-refractivity contribution is 7.92. The lowest BCUT2D eigenvalue weighted by Crippen LogP contribution is -2.45.